The van der Waals surface area contributed by atoms with Crippen molar-refractivity contribution >= 4 is 5.78 Å². The zero-order valence-electron chi connectivity index (χ0n) is 11.0. The van der Waals surface area contributed by atoms with Crippen LogP contribution in [-0.4, -0.2) is 10.8 Å². The second-order valence-electron chi connectivity index (χ2n) is 4.97. The topological polar surface area (TPSA) is 39.2 Å². The van der Waals surface area contributed by atoms with Gasteiger partial charge in [0.1, 0.15) is 11.9 Å². The minimum absolute atomic E-state index is 0.135. The van der Waals surface area contributed by atoms with Gasteiger partial charge in [-0.15, -0.1) is 0 Å². The zero-order valence-corrected chi connectivity index (χ0v) is 11.0. The number of rotatable bonds is 1. The molecule has 2 aromatic rings. The summed E-state index contributed by atoms with van der Waals surface area (Å²) in [5.41, 5.74) is 3.68. The maximum atomic E-state index is 12.2. The number of carbonyl (C=O) groups excluding carboxylic acids is 1. The molecule has 19 heavy (non-hydrogen) atoms. The number of hydrogen-bond acceptors (Lipinski definition) is 3. The maximum Gasteiger partial charge on any atom is 0.170 e. The third-order valence-electron chi connectivity index (χ3n) is 3.38. The fraction of sp³-hybridized carbons (Fsp3) is 0.250. The van der Waals surface area contributed by atoms with E-state index in [0.29, 0.717) is 17.7 Å². The van der Waals surface area contributed by atoms with Gasteiger partial charge in [-0.25, -0.2) is 0 Å². The number of benzene rings is 1. The molecule has 0 fully saturated rings. The minimum atomic E-state index is -0.226. The average Bonchev–Trinajstić information content (AvgIpc) is 2.40. The second-order valence-corrected chi connectivity index (χ2v) is 4.97. The zero-order chi connectivity index (χ0) is 13.4. The molecule has 2 heterocycles. The average molecular weight is 253 g/mol. The molecule has 1 aliphatic rings. The molecule has 1 aliphatic heterocycles. The second kappa shape index (κ2) is 4.50. The lowest BCUT2D eigenvalue weighted by atomic mass is 9.96. The van der Waals surface area contributed by atoms with Crippen LogP contribution in [0.1, 0.15) is 39.7 Å². The smallest absolute Gasteiger partial charge is 0.170 e. The summed E-state index contributed by atoms with van der Waals surface area (Å²) in [5, 5.41) is 0. The van der Waals surface area contributed by atoms with Gasteiger partial charge in [-0.2, -0.15) is 0 Å². The number of aromatic nitrogens is 1. The summed E-state index contributed by atoms with van der Waals surface area (Å²) >= 11 is 0. The van der Waals surface area contributed by atoms with Crippen LogP contribution in [0.2, 0.25) is 0 Å². The number of aryl methyl sites for hydroxylation is 2. The van der Waals surface area contributed by atoms with Gasteiger partial charge in [-0.3, -0.25) is 9.78 Å². The first-order valence-electron chi connectivity index (χ1n) is 6.36. The van der Waals surface area contributed by atoms with Crippen LogP contribution in [-0.2, 0) is 0 Å². The monoisotopic (exact) mass is 253 g/mol. The lowest BCUT2D eigenvalue weighted by molar-refractivity contribution is 0.0849. The van der Waals surface area contributed by atoms with Crippen LogP contribution in [0.25, 0.3) is 0 Å². The van der Waals surface area contributed by atoms with Gasteiger partial charge in [0.2, 0.25) is 0 Å². The molecule has 0 saturated heterocycles. The molecule has 3 nitrogen and oxygen atoms in total. The molecule has 3 heteroatoms. The molecule has 0 saturated carbocycles. The SMILES string of the molecule is Cc1ccc2c(c1)C(=O)CC(c1ccc(C)nc1)O2. The van der Waals surface area contributed by atoms with Crippen molar-refractivity contribution in [2.45, 2.75) is 26.4 Å². The molecule has 3 rings (SSSR count). The number of nitrogens with zero attached hydrogens (tertiary/aromatic N) is 1. The van der Waals surface area contributed by atoms with Crippen LogP contribution in [0.5, 0.6) is 5.75 Å². The maximum absolute atomic E-state index is 12.2. The highest BCUT2D eigenvalue weighted by Crippen LogP contribution is 2.34. The van der Waals surface area contributed by atoms with Gasteiger partial charge < -0.3 is 4.74 Å². The first-order chi connectivity index (χ1) is 9.13. The number of hydrogen-bond donors (Lipinski definition) is 0. The molecule has 1 aromatic heterocycles. The Bertz CT molecular complexity index is 632. The van der Waals surface area contributed by atoms with Crippen LogP contribution < -0.4 is 4.74 Å². The molecule has 0 bridgehead atoms. The van der Waals surface area contributed by atoms with Crippen molar-refractivity contribution in [3.63, 3.8) is 0 Å². The van der Waals surface area contributed by atoms with Crippen LogP contribution in [0.3, 0.4) is 0 Å². The van der Waals surface area contributed by atoms with Crippen LogP contribution in [0.4, 0.5) is 0 Å². The Labute approximate surface area is 112 Å². The van der Waals surface area contributed by atoms with Crippen LogP contribution >= 0.6 is 0 Å². The first-order valence-corrected chi connectivity index (χ1v) is 6.36. The van der Waals surface area contributed by atoms with E-state index in [9.17, 15) is 4.79 Å². The number of fused-ring (bicyclic) bond motifs is 1. The molecule has 0 N–H and O–H groups in total. The molecule has 0 radical (unpaired) electrons. The van der Waals surface area contributed by atoms with Crippen LogP contribution in [0, 0.1) is 13.8 Å². The Morgan fingerprint density at radius 1 is 1.21 bits per heavy atom. The van der Waals surface area contributed by atoms with Gasteiger partial charge in [0.05, 0.1) is 12.0 Å². The fourth-order valence-corrected chi connectivity index (χ4v) is 2.29. The van der Waals surface area contributed by atoms with Crippen LogP contribution in [0.15, 0.2) is 36.5 Å². The van der Waals surface area contributed by atoms with Crippen molar-refractivity contribution in [3.8, 4) is 5.75 Å². The number of carbonyl (C=O) groups is 1. The highest BCUT2D eigenvalue weighted by molar-refractivity contribution is 6.00. The summed E-state index contributed by atoms with van der Waals surface area (Å²) in [5.74, 6) is 0.808. The number of ketones is 1. The quantitative estimate of drug-likeness (QED) is 0.781. The number of ether oxygens (including phenoxy) is 1. The lowest BCUT2D eigenvalue weighted by Gasteiger charge is -2.25. The van der Waals surface area contributed by atoms with Crippen molar-refractivity contribution in [1.29, 1.82) is 0 Å². The van der Waals surface area contributed by atoms with Gasteiger partial charge in [-0.1, -0.05) is 17.7 Å². The van der Waals surface area contributed by atoms with Crippen molar-refractivity contribution in [1.82, 2.24) is 4.98 Å². The van der Waals surface area contributed by atoms with E-state index in [1.807, 2.05) is 44.2 Å². The Morgan fingerprint density at radius 2 is 2.05 bits per heavy atom. The normalized spacial score (nSPS) is 17.8. The Morgan fingerprint density at radius 3 is 2.79 bits per heavy atom. The molecule has 1 aromatic carbocycles. The van der Waals surface area contributed by atoms with Gasteiger partial charge in [0, 0.05) is 17.5 Å². The lowest BCUT2D eigenvalue weighted by Crippen LogP contribution is -2.20. The molecule has 1 atom stereocenters. The predicted molar refractivity (Wildman–Crippen MR) is 72.5 cm³/mol. The molecular formula is C16H15NO2. The number of pyridine rings is 1. The molecule has 96 valence electrons. The third-order valence-corrected chi connectivity index (χ3v) is 3.38. The van der Waals surface area contributed by atoms with Gasteiger partial charge in [0.15, 0.2) is 5.78 Å². The summed E-state index contributed by atoms with van der Waals surface area (Å²) in [4.78, 5) is 16.4. The highest BCUT2D eigenvalue weighted by atomic mass is 16.5. The van der Waals surface area contributed by atoms with E-state index in [4.69, 9.17) is 4.74 Å². The van der Waals surface area contributed by atoms with E-state index in [1.54, 1.807) is 6.20 Å². The van der Waals surface area contributed by atoms with Crippen molar-refractivity contribution in [2.75, 3.05) is 0 Å². The van der Waals surface area contributed by atoms with Crippen molar-refractivity contribution in [3.05, 3.63) is 58.9 Å². The molecule has 0 spiro atoms. The summed E-state index contributed by atoms with van der Waals surface area (Å²) < 4.78 is 5.92. The van der Waals surface area contributed by atoms with Gasteiger partial charge in [-0.05, 0) is 32.0 Å². The van der Waals surface area contributed by atoms with E-state index < -0.39 is 0 Å². The fourth-order valence-electron chi connectivity index (χ4n) is 2.29. The van der Waals surface area contributed by atoms with E-state index in [-0.39, 0.29) is 11.9 Å². The summed E-state index contributed by atoms with van der Waals surface area (Å²) in [6.07, 6.45) is 1.93. The van der Waals surface area contributed by atoms with E-state index in [1.165, 1.54) is 0 Å². The summed E-state index contributed by atoms with van der Waals surface area (Å²) in [6, 6.07) is 9.63. The van der Waals surface area contributed by atoms with Crippen molar-refractivity contribution in [2.24, 2.45) is 0 Å². The molecule has 0 aliphatic carbocycles. The third kappa shape index (κ3) is 2.24. The van der Waals surface area contributed by atoms with Gasteiger partial charge in [0.25, 0.3) is 0 Å². The standard InChI is InChI=1S/C16H15NO2/c1-10-3-6-15-13(7-10)14(18)8-16(19-15)12-5-4-11(2)17-9-12/h3-7,9,16H,8H2,1-2H3. The number of Topliss-reactive ketones (excluding diaryl/α,β-unsaturated/α-hetero) is 1. The Kier molecular flexibility index (Phi) is 2.82. The molecule has 1 unspecified atom stereocenters. The van der Waals surface area contributed by atoms with Gasteiger partial charge >= 0.3 is 0 Å². The minimum Gasteiger partial charge on any atom is -0.484 e. The van der Waals surface area contributed by atoms with Crippen molar-refractivity contribution < 1.29 is 9.53 Å². The molecular weight excluding hydrogens is 238 g/mol. The Balaban J connectivity index is 1.95. The first kappa shape index (κ1) is 11.9. The predicted octanol–water partition coefficient (Wildman–Crippen LogP) is 3.40. The van der Waals surface area contributed by atoms with E-state index in [0.717, 1.165) is 16.8 Å². The highest BCUT2D eigenvalue weighted by Gasteiger charge is 2.27. The van der Waals surface area contributed by atoms with E-state index >= 15 is 0 Å². The van der Waals surface area contributed by atoms with E-state index in [2.05, 4.69) is 4.98 Å². The molecule has 0 amide bonds. The Hall–Kier alpha value is -2.16. The largest absolute Gasteiger partial charge is 0.484 e. The summed E-state index contributed by atoms with van der Waals surface area (Å²) in [6.45, 7) is 3.91. The summed E-state index contributed by atoms with van der Waals surface area (Å²) in [7, 11) is 0.